The number of aromatic nitrogens is 2. The van der Waals surface area contributed by atoms with Gasteiger partial charge in [-0.2, -0.15) is 5.10 Å². The Morgan fingerprint density at radius 2 is 2.15 bits per heavy atom. The van der Waals surface area contributed by atoms with Crippen molar-refractivity contribution in [3.8, 4) is 0 Å². The Labute approximate surface area is 119 Å². The molecule has 0 fully saturated rings. The molecular weight excluding hydrogens is 278 g/mol. The van der Waals surface area contributed by atoms with E-state index in [0.29, 0.717) is 0 Å². The number of carbonyl (C=O) groups is 1. The van der Waals surface area contributed by atoms with Crippen molar-refractivity contribution < 1.29 is 9.90 Å². The van der Waals surface area contributed by atoms with Crippen LogP contribution < -0.4 is 10.5 Å². The molecule has 6 nitrogen and oxygen atoms in total. The third-order valence-electron chi connectivity index (χ3n) is 2.92. The lowest BCUT2D eigenvalue weighted by Gasteiger charge is -2.12. The quantitative estimate of drug-likeness (QED) is 0.923. The van der Waals surface area contributed by atoms with E-state index < -0.39 is 5.97 Å². The first-order chi connectivity index (χ1) is 9.38. The molecule has 0 bridgehead atoms. The van der Waals surface area contributed by atoms with Crippen molar-refractivity contribution in [3.05, 3.63) is 44.0 Å². The highest BCUT2D eigenvalue weighted by atomic mass is 32.1. The van der Waals surface area contributed by atoms with E-state index in [-0.39, 0.29) is 17.0 Å². The average Bonchev–Trinajstić information content (AvgIpc) is 2.73. The maximum atomic E-state index is 12.0. The number of aryl methyl sites for hydroxylation is 1. The van der Waals surface area contributed by atoms with E-state index in [1.54, 1.807) is 17.2 Å². The summed E-state index contributed by atoms with van der Waals surface area (Å²) in [6, 6.07) is 3.10. The fourth-order valence-corrected chi connectivity index (χ4v) is 2.60. The number of hydrogen-bond acceptors (Lipinski definition) is 5. The van der Waals surface area contributed by atoms with Crippen molar-refractivity contribution in [1.29, 1.82) is 0 Å². The SMILES string of the molecule is Cc1sc(C(=O)O)cc1Cn1ncc(N(C)C)cc1=O. The van der Waals surface area contributed by atoms with Crippen molar-refractivity contribution >= 4 is 23.0 Å². The summed E-state index contributed by atoms with van der Waals surface area (Å²) in [7, 11) is 3.67. The molecule has 0 aliphatic carbocycles. The number of carboxylic acid groups (broad SMARTS) is 1. The average molecular weight is 293 g/mol. The van der Waals surface area contributed by atoms with E-state index in [1.807, 2.05) is 21.0 Å². The second-order valence-corrected chi connectivity index (χ2v) is 5.86. The first kappa shape index (κ1) is 14.3. The molecule has 0 unspecified atom stereocenters. The molecule has 7 heteroatoms. The number of carboxylic acids is 1. The maximum Gasteiger partial charge on any atom is 0.345 e. The molecule has 0 aromatic carbocycles. The maximum absolute atomic E-state index is 12.0. The summed E-state index contributed by atoms with van der Waals surface area (Å²) in [6.07, 6.45) is 1.61. The Kier molecular flexibility index (Phi) is 3.89. The number of anilines is 1. The third kappa shape index (κ3) is 2.88. The molecule has 0 aliphatic rings. The zero-order valence-corrected chi connectivity index (χ0v) is 12.3. The molecule has 0 atom stereocenters. The van der Waals surface area contributed by atoms with Gasteiger partial charge in [0, 0.05) is 25.0 Å². The normalized spacial score (nSPS) is 10.6. The van der Waals surface area contributed by atoms with E-state index in [1.165, 1.54) is 22.1 Å². The topological polar surface area (TPSA) is 75.4 Å². The number of aromatic carboxylic acids is 1. The van der Waals surface area contributed by atoms with Crippen LogP contribution in [0.1, 0.15) is 20.1 Å². The van der Waals surface area contributed by atoms with Crippen LogP contribution in [0.3, 0.4) is 0 Å². The molecule has 0 saturated heterocycles. The number of nitrogens with zero attached hydrogens (tertiary/aromatic N) is 3. The third-order valence-corrected chi connectivity index (χ3v) is 4.00. The van der Waals surface area contributed by atoms with Crippen molar-refractivity contribution in [3.63, 3.8) is 0 Å². The minimum Gasteiger partial charge on any atom is -0.477 e. The van der Waals surface area contributed by atoms with Crippen molar-refractivity contribution in [2.75, 3.05) is 19.0 Å². The van der Waals surface area contributed by atoms with E-state index >= 15 is 0 Å². The van der Waals surface area contributed by atoms with Crippen LogP contribution in [0.5, 0.6) is 0 Å². The van der Waals surface area contributed by atoms with Gasteiger partial charge in [0.2, 0.25) is 0 Å². The minimum absolute atomic E-state index is 0.210. The molecule has 20 heavy (non-hydrogen) atoms. The van der Waals surface area contributed by atoms with Crippen LogP contribution in [0.25, 0.3) is 0 Å². The van der Waals surface area contributed by atoms with Crippen molar-refractivity contribution in [1.82, 2.24) is 9.78 Å². The summed E-state index contributed by atoms with van der Waals surface area (Å²) < 4.78 is 1.33. The fraction of sp³-hybridized carbons (Fsp3) is 0.308. The Balaban J connectivity index is 2.31. The first-order valence-electron chi connectivity index (χ1n) is 5.95. The second kappa shape index (κ2) is 5.46. The summed E-state index contributed by atoms with van der Waals surface area (Å²) in [6.45, 7) is 2.12. The zero-order chi connectivity index (χ0) is 14.9. The molecule has 2 rings (SSSR count). The summed E-state index contributed by atoms with van der Waals surface area (Å²) in [4.78, 5) is 25.8. The summed E-state index contributed by atoms with van der Waals surface area (Å²) in [5.41, 5.74) is 1.33. The van der Waals surface area contributed by atoms with Gasteiger partial charge in [0.15, 0.2) is 0 Å². The van der Waals surface area contributed by atoms with E-state index in [2.05, 4.69) is 5.10 Å². The molecule has 1 N–H and O–H groups in total. The second-order valence-electron chi connectivity index (χ2n) is 4.60. The number of rotatable bonds is 4. The van der Waals surface area contributed by atoms with Gasteiger partial charge >= 0.3 is 5.97 Å². The molecule has 0 amide bonds. The van der Waals surface area contributed by atoms with Crippen LogP contribution in [0.2, 0.25) is 0 Å². The summed E-state index contributed by atoms with van der Waals surface area (Å²) in [5, 5.41) is 13.1. The standard InChI is InChI=1S/C13H15N3O3S/c1-8-9(4-11(20-8)13(18)19)7-16-12(17)5-10(6-14-16)15(2)3/h4-6H,7H2,1-3H3,(H,18,19). The van der Waals surface area contributed by atoms with Gasteiger partial charge in [0.1, 0.15) is 4.88 Å². The van der Waals surface area contributed by atoms with Crippen LogP contribution in [-0.2, 0) is 6.54 Å². The van der Waals surface area contributed by atoms with E-state index in [4.69, 9.17) is 5.11 Å². The number of thiophene rings is 1. The lowest BCUT2D eigenvalue weighted by atomic mass is 10.2. The summed E-state index contributed by atoms with van der Waals surface area (Å²) >= 11 is 1.20. The van der Waals surface area contributed by atoms with Crippen LogP contribution in [0, 0.1) is 6.92 Å². The highest BCUT2D eigenvalue weighted by molar-refractivity contribution is 7.14. The molecule has 0 spiro atoms. The molecular formula is C13H15N3O3S. The lowest BCUT2D eigenvalue weighted by Crippen LogP contribution is -2.24. The summed E-state index contributed by atoms with van der Waals surface area (Å²) in [5.74, 6) is -0.951. The van der Waals surface area contributed by atoms with Gasteiger partial charge in [-0.1, -0.05) is 0 Å². The van der Waals surface area contributed by atoms with Crippen LogP contribution in [0.4, 0.5) is 5.69 Å². The van der Waals surface area contributed by atoms with E-state index in [0.717, 1.165) is 16.1 Å². The van der Waals surface area contributed by atoms with Gasteiger partial charge < -0.3 is 10.0 Å². The Morgan fingerprint density at radius 1 is 1.45 bits per heavy atom. The molecule has 106 valence electrons. The molecule has 2 heterocycles. The largest absolute Gasteiger partial charge is 0.477 e. The highest BCUT2D eigenvalue weighted by Gasteiger charge is 2.12. The van der Waals surface area contributed by atoms with E-state index in [9.17, 15) is 9.59 Å². The Morgan fingerprint density at radius 3 is 2.65 bits per heavy atom. The van der Waals surface area contributed by atoms with Gasteiger partial charge in [-0.05, 0) is 18.6 Å². The molecule has 2 aromatic rings. The van der Waals surface area contributed by atoms with Crippen molar-refractivity contribution in [2.24, 2.45) is 0 Å². The zero-order valence-electron chi connectivity index (χ0n) is 11.5. The highest BCUT2D eigenvalue weighted by Crippen LogP contribution is 2.22. The smallest absolute Gasteiger partial charge is 0.345 e. The molecule has 2 aromatic heterocycles. The fourth-order valence-electron chi connectivity index (χ4n) is 1.73. The Bertz CT molecular complexity index is 703. The van der Waals surface area contributed by atoms with Gasteiger partial charge in [-0.3, -0.25) is 4.79 Å². The minimum atomic E-state index is -0.951. The number of hydrogen-bond donors (Lipinski definition) is 1. The monoisotopic (exact) mass is 293 g/mol. The van der Waals surface area contributed by atoms with Crippen LogP contribution in [-0.4, -0.2) is 35.0 Å². The van der Waals surface area contributed by atoms with Crippen LogP contribution >= 0.6 is 11.3 Å². The molecule has 0 aliphatic heterocycles. The first-order valence-corrected chi connectivity index (χ1v) is 6.77. The predicted molar refractivity (Wildman–Crippen MR) is 77.9 cm³/mol. The van der Waals surface area contributed by atoms with Crippen LogP contribution in [0.15, 0.2) is 23.1 Å². The molecule has 0 saturated carbocycles. The Hall–Kier alpha value is -2.15. The van der Waals surface area contributed by atoms with Gasteiger partial charge in [-0.25, -0.2) is 9.48 Å². The predicted octanol–water partition coefficient (Wildman–Crippen LogP) is 1.43. The van der Waals surface area contributed by atoms with Gasteiger partial charge in [0.25, 0.3) is 5.56 Å². The van der Waals surface area contributed by atoms with Gasteiger partial charge in [-0.15, -0.1) is 11.3 Å². The lowest BCUT2D eigenvalue weighted by molar-refractivity contribution is 0.0702. The molecule has 0 radical (unpaired) electrons. The van der Waals surface area contributed by atoms with Gasteiger partial charge in [0.05, 0.1) is 18.4 Å². The van der Waals surface area contributed by atoms with Crippen molar-refractivity contribution in [2.45, 2.75) is 13.5 Å².